The smallest absolute Gasteiger partial charge is 0.411 e. The summed E-state index contributed by atoms with van der Waals surface area (Å²) in [7, 11) is 0. The van der Waals surface area contributed by atoms with Gasteiger partial charge < -0.3 is 20.3 Å². The Morgan fingerprint density at radius 3 is 2.47 bits per heavy atom. The van der Waals surface area contributed by atoms with E-state index >= 15 is 0 Å². The highest BCUT2D eigenvalue weighted by atomic mass is 16.5. The number of hydrogen-bond donors (Lipinski definition) is 4. The Labute approximate surface area is 210 Å². The molecule has 0 radical (unpaired) electrons. The highest BCUT2D eigenvalue weighted by Gasteiger charge is 2.14. The van der Waals surface area contributed by atoms with Crippen molar-refractivity contribution in [1.29, 1.82) is 0 Å². The van der Waals surface area contributed by atoms with Crippen molar-refractivity contribution in [2.24, 2.45) is 5.92 Å². The minimum atomic E-state index is -1.31. The number of nitrogens with zero attached hydrogens (tertiary/aromatic N) is 1. The first-order valence-electron chi connectivity index (χ1n) is 11.7. The van der Waals surface area contributed by atoms with E-state index in [-0.39, 0.29) is 0 Å². The van der Waals surface area contributed by atoms with Gasteiger partial charge in [0.2, 0.25) is 0 Å². The first kappa shape index (κ1) is 28.3. The van der Waals surface area contributed by atoms with Gasteiger partial charge in [0.05, 0.1) is 17.8 Å². The number of hydrogen-bond acceptors (Lipinski definition) is 6. The van der Waals surface area contributed by atoms with E-state index in [1.165, 1.54) is 5.56 Å². The highest BCUT2D eigenvalue weighted by molar-refractivity contribution is 5.99. The Bertz CT molecular complexity index is 1150. The molecule has 1 amide bonds. The molecule has 2 aliphatic rings. The number of amides is 1. The van der Waals surface area contributed by atoms with Gasteiger partial charge in [-0.25, -0.2) is 9.78 Å². The summed E-state index contributed by atoms with van der Waals surface area (Å²) >= 11 is 0. The summed E-state index contributed by atoms with van der Waals surface area (Å²) in [5, 5.41) is 22.8. The maximum atomic E-state index is 12.0. The molecule has 0 spiro atoms. The van der Waals surface area contributed by atoms with Gasteiger partial charge in [0.25, 0.3) is 0 Å². The number of para-hydroxylation sites is 1. The van der Waals surface area contributed by atoms with Gasteiger partial charge in [-0.1, -0.05) is 50.3 Å². The Morgan fingerprint density at radius 1 is 1.11 bits per heavy atom. The van der Waals surface area contributed by atoms with Crippen LogP contribution in [-0.2, 0) is 20.9 Å². The van der Waals surface area contributed by atoms with Gasteiger partial charge in [0, 0.05) is 23.2 Å². The summed E-state index contributed by atoms with van der Waals surface area (Å²) in [6.45, 7) is 10.2. The molecule has 1 aliphatic heterocycles. The van der Waals surface area contributed by atoms with Crippen LogP contribution in [0.5, 0.6) is 0 Å². The van der Waals surface area contributed by atoms with Gasteiger partial charge >= 0.3 is 18.0 Å². The third kappa shape index (κ3) is 9.34. The van der Waals surface area contributed by atoms with Crippen molar-refractivity contribution in [2.75, 3.05) is 18.5 Å². The maximum Gasteiger partial charge on any atom is 0.411 e. The van der Waals surface area contributed by atoms with Crippen molar-refractivity contribution in [3.05, 3.63) is 60.7 Å². The predicted molar refractivity (Wildman–Crippen MR) is 139 cm³/mol. The molecule has 4 N–H and O–H groups in total. The number of allylic oxidation sites excluding steroid dienone is 1. The molecular weight excluding hydrogens is 462 g/mol. The van der Waals surface area contributed by atoms with E-state index in [1.54, 1.807) is 0 Å². The van der Waals surface area contributed by atoms with Crippen molar-refractivity contribution in [2.45, 2.75) is 39.7 Å². The number of benzene rings is 1. The minimum Gasteiger partial charge on any atom is -0.481 e. The Morgan fingerprint density at radius 2 is 1.83 bits per heavy atom. The van der Waals surface area contributed by atoms with E-state index in [1.807, 2.05) is 30.3 Å². The molecule has 1 aromatic rings. The molecule has 0 unspecified atom stereocenters. The summed E-state index contributed by atoms with van der Waals surface area (Å²) in [4.78, 5) is 35.7. The van der Waals surface area contributed by atoms with Gasteiger partial charge in [-0.3, -0.25) is 14.9 Å². The quantitative estimate of drug-likeness (QED) is 0.163. The standard InChI is InChI=1S/C24H29N3O2.C3H4O4/c1-4-5-6-13-29-24(28)26-19-10-8-11-20-21-12-7-9-18(16-25-15-17(2)3)23(21)27-22(20)14-19;4-2(5)1-3(6)7/h4,7-12,14,17,25H,1,5-6,13,15-16H2,2-3H3,(H,26,28);1H2,(H,4,5)(H,6,7). The molecule has 9 heteroatoms. The third-order valence-electron chi connectivity index (χ3n) is 4.95. The summed E-state index contributed by atoms with van der Waals surface area (Å²) < 4.78 is 5.21. The molecular formula is C27H33N3O6. The molecule has 192 valence electrons. The lowest BCUT2D eigenvalue weighted by atomic mass is 10.1. The van der Waals surface area contributed by atoms with E-state index in [9.17, 15) is 14.4 Å². The van der Waals surface area contributed by atoms with Crippen molar-refractivity contribution in [1.82, 2.24) is 10.3 Å². The van der Waals surface area contributed by atoms with Crippen LogP contribution in [0.1, 0.15) is 38.7 Å². The number of nitrogens with one attached hydrogen (secondary N) is 2. The molecule has 0 saturated heterocycles. The normalized spacial score (nSPS) is 10.5. The second-order valence-electron chi connectivity index (χ2n) is 8.53. The fourth-order valence-corrected chi connectivity index (χ4v) is 3.38. The fraction of sp³-hybridized carbons (Fsp3) is 0.333. The number of carboxylic acid groups (broad SMARTS) is 2. The zero-order valence-electron chi connectivity index (χ0n) is 20.6. The van der Waals surface area contributed by atoms with Crippen molar-refractivity contribution in [3.8, 4) is 11.3 Å². The second-order valence-corrected chi connectivity index (χ2v) is 8.53. The van der Waals surface area contributed by atoms with Crippen LogP contribution in [0.3, 0.4) is 0 Å². The average Bonchev–Trinajstić information content (AvgIpc) is 3.01. The maximum absolute atomic E-state index is 12.0. The largest absolute Gasteiger partial charge is 0.481 e. The van der Waals surface area contributed by atoms with Crippen molar-refractivity contribution >= 4 is 34.6 Å². The third-order valence-corrected chi connectivity index (χ3v) is 4.95. The number of ether oxygens (including phenoxy) is 1. The van der Waals surface area contributed by atoms with E-state index in [0.717, 1.165) is 48.1 Å². The SMILES string of the molecule is C=CCCCOC(=O)Nc1cccc2c3cccc(CNCC(C)C)c3nc-2c1.O=C(O)CC(=O)O. The van der Waals surface area contributed by atoms with E-state index < -0.39 is 24.5 Å². The van der Waals surface area contributed by atoms with E-state index in [2.05, 4.69) is 49.3 Å². The second kappa shape index (κ2) is 14.4. The van der Waals surface area contributed by atoms with Crippen LogP contribution >= 0.6 is 0 Å². The molecule has 0 bridgehead atoms. The van der Waals surface area contributed by atoms with Crippen molar-refractivity contribution in [3.63, 3.8) is 0 Å². The number of unbranched alkanes of at least 4 members (excludes halogenated alkanes) is 1. The van der Waals surface area contributed by atoms with Crippen LogP contribution in [0.25, 0.3) is 22.2 Å². The van der Waals surface area contributed by atoms with Crippen LogP contribution in [0, 0.1) is 5.92 Å². The lowest BCUT2D eigenvalue weighted by molar-refractivity contribution is -0.147. The fourth-order valence-electron chi connectivity index (χ4n) is 3.38. The highest BCUT2D eigenvalue weighted by Crippen LogP contribution is 2.33. The Hall–Kier alpha value is -3.98. The lowest BCUT2D eigenvalue weighted by Crippen LogP contribution is -2.19. The van der Waals surface area contributed by atoms with Crippen LogP contribution in [0.15, 0.2) is 55.1 Å². The summed E-state index contributed by atoms with van der Waals surface area (Å²) in [6, 6.07) is 14.0. The van der Waals surface area contributed by atoms with Crippen molar-refractivity contribution < 1.29 is 29.3 Å². The topological polar surface area (TPSA) is 138 Å². The van der Waals surface area contributed by atoms with Crippen LogP contribution in [0.2, 0.25) is 0 Å². The molecule has 1 aromatic carbocycles. The minimum absolute atomic E-state index is 0.372. The molecule has 1 heterocycles. The van der Waals surface area contributed by atoms with Gasteiger partial charge in [0.1, 0.15) is 6.42 Å². The molecule has 0 atom stereocenters. The number of carbonyl (C=O) groups is 3. The Kier molecular flexibility index (Phi) is 11.3. The number of carboxylic acids is 2. The van der Waals surface area contributed by atoms with Crippen LogP contribution in [-0.4, -0.2) is 46.4 Å². The van der Waals surface area contributed by atoms with Gasteiger partial charge in [-0.15, -0.1) is 6.58 Å². The number of carbonyl (C=O) groups excluding carboxylic acids is 1. The average molecular weight is 496 g/mol. The van der Waals surface area contributed by atoms with Gasteiger partial charge in [-0.05, 0) is 43.0 Å². The molecule has 1 aliphatic carbocycles. The molecule has 0 fully saturated rings. The number of rotatable bonds is 11. The summed E-state index contributed by atoms with van der Waals surface area (Å²) in [5.74, 6) is -2.02. The zero-order valence-corrected chi connectivity index (χ0v) is 20.6. The van der Waals surface area contributed by atoms with Gasteiger partial charge in [-0.2, -0.15) is 0 Å². The monoisotopic (exact) mass is 495 g/mol. The number of aromatic nitrogens is 1. The number of anilines is 1. The van der Waals surface area contributed by atoms with Gasteiger partial charge in [0.15, 0.2) is 0 Å². The molecule has 9 nitrogen and oxygen atoms in total. The molecule has 3 rings (SSSR count). The molecule has 0 aromatic heterocycles. The molecule has 36 heavy (non-hydrogen) atoms. The van der Waals surface area contributed by atoms with E-state index in [4.69, 9.17) is 19.9 Å². The van der Waals surface area contributed by atoms with E-state index in [0.29, 0.717) is 18.2 Å². The van der Waals surface area contributed by atoms with Crippen LogP contribution < -0.4 is 10.6 Å². The van der Waals surface area contributed by atoms with Crippen LogP contribution in [0.4, 0.5) is 10.5 Å². The summed E-state index contributed by atoms with van der Waals surface area (Å²) in [5.41, 5.74) is 4.76. The molecule has 0 saturated carbocycles. The predicted octanol–water partition coefficient (Wildman–Crippen LogP) is 5.15. The lowest BCUT2D eigenvalue weighted by Gasteiger charge is -2.07. The Balaban J connectivity index is 0.000000572. The first-order valence-corrected chi connectivity index (χ1v) is 11.7. The number of fused-ring (bicyclic) bond motifs is 3. The summed E-state index contributed by atoms with van der Waals surface area (Å²) in [6.07, 6.45) is 2.15. The number of aliphatic carboxylic acids is 2. The first-order chi connectivity index (χ1) is 17.2. The zero-order chi connectivity index (χ0) is 26.5.